The van der Waals surface area contributed by atoms with E-state index in [9.17, 15) is 8.78 Å². The molecule has 5 heteroatoms. The minimum absolute atomic E-state index is 0.00847. The van der Waals surface area contributed by atoms with Crippen molar-refractivity contribution < 1.29 is 23.0 Å². The zero-order chi connectivity index (χ0) is 24.6. The van der Waals surface area contributed by atoms with E-state index in [0.717, 1.165) is 19.3 Å². The molecule has 1 aliphatic rings. The van der Waals surface area contributed by atoms with Crippen LogP contribution in [0.5, 0.6) is 0 Å². The molecule has 2 rings (SSSR count). The number of unbranched alkanes of at least 4 members (excludes halogenated alkanes) is 2. The molecule has 1 aliphatic heterocycles. The molecule has 2 unspecified atom stereocenters. The van der Waals surface area contributed by atoms with Crippen LogP contribution in [0.25, 0.3) is 0 Å². The normalized spacial score (nSPS) is 19.8. The molecule has 1 heterocycles. The number of hydrogen-bond donors (Lipinski definition) is 0. The Morgan fingerprint density at radius 1 is 1.00 bits per heavy atom. The minimum atomic E-state index is -0.972. The Hall–Kier alpha value is -1.72. The van der Waals surface area contributed by atoms with Crippen molar-refractivity contribution in [3.05, 3.63) is 58.4 Å². The van der Waals surface area contributed by atoms with Crippen LogP contribution in [0, 0.1) is 0 Å². The molecule has 2 atom stereocenters. The molecule has 0 bridgehead atoms. The number of methoxy groups -OCH3 is 1. The lowest BCUT2D eigenvalue weighted by Gasteiger charge is -2.29. The minimum Gasteiger partial charge on any atom is -0.498 e. The van der Waals surface area contributed by atoms with E-state index in [0.29, 0.717) is 18.9 Å². The molecule has 0 N–H and O–H groups in total. The fourth-order valence-electron chi connectivity index (χ4n) is 3.57. The maximum atomic E-state index is 14.3. The van der Waals surface area contributed by atoms with Gasteiger partial charge in [0.2, 0.25) is 0 Å². The average Bonchev–Trinajstić information content (AvgIpc) is 2.84. The van der Waals surface area contributed by atoms with Gasteiger partial charge in [-0.3, -0.25) is 0 Å². The van der Waals surface area contributed by atoms with Gasteiger partial charge >= 0.3 is 0 Å². The van der Waals surface area contributed by atoms with Gasteiger partial charge in [0.15, 0.2) is 17.9 Å². The van der Waals surface area contributed by atoms with E-state index in [1.54, 1.807) is 6.92 Å². The Morgan fingerprint density at radius 2 is 1.67 bits per heavy atom. The van der Waals surface area contributed by atoms with Crippen molar-refractivity contribution >= 4 is 0 Å². The molecule has 33 heavy (non-hydrogen) atoms. The van der Waals surface area contributed by atoms with Gasteiger partial charge in [-0.15, -0.1) is 0 Å². The van der Waals surface area contributed by atoms with Crippen molar-refractivity contribution in [2.24, 2.45) is 0 Å². The third-order valence-corrected chi connectivity index (χ3v) is 5.74. The predicted molar refractivity (Wildman–Crippen MR) is 133 cm³/mol. The second kappa shape index (κ2) is 16.8. The van der Waals surface area contributed by atoms with E-state index < -0.39 is 11.7 Å². The summed E-state index contributed by atoms with van der Waals surface area (Å²) in [5.74, 6) is -1.60. The van der Waals surface area contributed by atoms with Crippen LogP contribution in [-0.4, -0.2) is 26.6 Å². The summed E-state index contributed by atoms with van der Waals surface area (Å²) in [5.41, 5.74) is 2.94. The van der Waals surface area contributed by atoms with Gasteiger partial charge in [0, 0.05) is 5.92 Å². The zero-order valence-electron chi connectivity index (χ0n) is 21.5. The molecule has 0 aromatic heterocycles. The van der Waals surface area contributed by atoms with Gasteiger partial charge in [0.1, 0.15) is 5.76 Å². The quantitative estimate of drug-likeness (QED) is 0.186. The highest BCUT2D eigenvalue weighted by Gasteiger charge is 2.24. The zero-order valence-corrected chi connectivity index (χ0v) is 21.5. The number of aryl methyl sites for hydroxylation is 1. The first-order valence-electron chi connectivity index (χ1n) is 12.5. The summed E-state index contributed by atoms with van der Waals surface area (Å²) < 4.78 is 44.7. The summed E-state index contributed by atoms with van der Waals surface area (Å²) in [6, 6.07) is 8.85. The lowest BCUT2D eigenvalue weighted by Crippen LogP contribution is -2.27. The maximum Gasteiger partial charge on any atom is 0.196 e. The molecule has 1 fully saturated rings. The van der Waals surface area contributed by atoms with Crippen molar-refractivity contribution in [2.75, 3.05) is 20.3 Å². The molecule has 0 radical (unpaired) electrons. The fourth-order valence-corrected chi connectivity index (χ4v) is 3.57. The highest BCUT2D eigenvalue weighted by Crippen LogP contribution is 2.30. The molecule has 1 saturated heterocycles. The van der Waals surface area contributed by atoms with Crippen LogP contribution in [0.4, 0.5) is 8.78 Å². The molecular formula is C28H44F2O3. The number of rotatable bonds is 11. The molecule has 0 saturated carbocycles. The number of hydrogen-bond acceptors (Lipinski definition) is 3. The molecule has 0 aliphatic carbocycles. The Labute approximate surface area is 200 Å². The SMILES string of the molecule is CCC.CCCCCc1ccc(C2CCC(OC/C(CC)=C(F)/C(F)=C(\C)OC)OC2)cc1. The van der Waals surface area contributed by atoms with Crippen LogP contribution in [0.2, 0.25) is 0 Å². The van der Waals surface area contributed by atoms with E-state index in [4.69, 9.17) is 14.2 Å². The van der Waals surface area contributed by atoms with E-state index in [1.165, 1.54) is 50.8 Å². The second-order valence-electron chi connectivity index (χ2n) is 8.60. The summed E-state index contributed by atoms with van der Waals surface area (Å²) in [6.45, 7) is 10.2. The second-order valence-corrected chi connectivity index (χ2v) is 8.60. The summed E-state index contributed by atoms with van der Waals surface area (Å²) >= 11 is 0. The van der Waals surface area contributed by atoms with Crippen LogP contribution < -0.4 is 0 Å². The summed E-state index contributed by atoms with van der Waals surface area (Å²) in [5, 5.41) is 0. The summed E-state index contributed by atoms with van der Waals surface area (Å²) in [6.07, 6.45) is 7.78. The van der Waals surface area contributed by atoms with Crippen molar-refractivity contribution in [3.63, 3.8) is 0 Å². The van der Waals surface area contributed by atoms with E-state index in [1.807, 2.05) is 0 Å². The third kappa shape index (κ3) is 10.4. The van der Waals surface area contributed by atoms with E-state index in [2.05, 4.69) is 45.0 Å². The first-order chi connectivity index (χ1) is 15.9. The lowest BCUT2D eigenvalue weighted by atomic mass is 9.92. The van der Waals surface area contributed by atoms with Gasteiger partial charge in [-0.2, -0.15) is 0 Å². The van der Waals surface area contributed by atoms with Gasteiger partial charge in [0.05, 0.1) is 20.3 Å². The summed E-state index contributed by atoms with van der Waals surface area (Å²) in [4.78, 5) is 0. The first kappa shape index (κ1) is 29.3. The third-order valence-electron chi connectivity index (χ3n) is 5.74. The molecule has 1 aromatic rings. The lowest BCUT2D eigenvalue weighted by molar-refractivity contribution is -0.162. The Kier molecular flexibility index (Phi) is 14.9. The average molecular weight is 467 g/mol. The van der Waals surface area contributed by atoms with Crippen molar-refractivity contribution in [2.45, 2.75) is 98.2 Å². The largest absolute Gasteiger partial charge is 0.498 e. The topological polar surface area (TPSA) is 27.7 Å². The number of ether oxygens (including phenoxy) is 3. The molecule has 1 aromatic carbocycles. The maximum absolute atomic E-state index is 14.3. The summed E-state index contributed by atoms with van der Waals surface area (Å²) in [7, 11) is 1.32. The monoisotopic (exact) mass is 466 g/mol. The van der Waals surface area contributed by atoms with Gasteiger partial charge in [-0.1, -0.05) is 71.2 Å². The van der Waals surface area contributed by atoms with Crippen LogP contribution in [-0.2, 0) is 20.6 Å². The fraction of sp³-hybridized carbons (Fsp3) is 0.643. The smallest absolute Gasteiger partial charge is 0.196 e. The van der Waals surface area contributed by atoms with Gasteiger partial charge < -0.3 is 14.2 Å². The highest BCUT2D eigenvalue weighted by molar-refractivity contribution is 5.27. The van der Waals surface area contributed by atoms with E-state index >= 15 is 0 Å². The molecular weight excluding hydrogens is 422 g/mol. The Morgan fingerprint density at radius 3 is 2.18 bits per heavy atom. The predicted octanol–water partition coefficient (Wildman–Crippen LogP) is 8.55. The number of halogens is 2. The molecule has 3 nitrogen and oxygen atoms in total. The van der Waals surface area contributed by atoms with Crippen molar-refractivity contribution in [1.82, 2.24) is 0 Å². The molecule has 188 valence electrons. The van der Waals surface area contributed by atoms with Crippen LogP contribution in [0.1, 0.15) is 96.6 Å². The van der Waals surface area contributed by atoms with Gasteiger partial charge in [-0.25, -0.2) is 8.78 Å². The molecule has 0 amide bonds. The molecule has 0 spiro atoms. The number of benzene rings is 1. The van der Waals surface area contributed by atoms with Gasteiger partial charge in [0.25, 0.3) is 0 Å². The van der Waals surface area contributed by atoms with Crippen LogP contribution in [0.15, 0.2) is 47.3 Å². The van der Waals surface area contributed by atoms with Crippen LogP contribution in [0.3, 0.4) is 0 Å². The Bertz CT molecular complexity index is 717. The first-order valence-corrected chi connectivity index (χ1v) is 12.5. The number of allylic oxidation sites excluding steroid dienone is 3. The Balaban J connectivity index is 0.00000172. The van der Waals surface area contributed by atoms with Gasteiger partial charge in [-0.05, 0) is 55.7 Å². The highest BCUT2D eigenvalue weighted by atomic mass is 19.2. The van der Waals surface area contributed by atoms with E-state index in [-0.39, 0.29) is 24.2 Å². The van der Waals surface area contributed by atoms with Crippen molar-refractivity contribution in [1.29, 1.82) is 0 Å². The standard InChI is InChI=1S/C25H36F2O3.C3H8/c1-5-7-8-9-19-10-12-21(13-11-19)22-14-15-23(30-17-22)29-16-20(6-2)25(27)24(26)18(3)28-4;1-3-2/h10-13,22-23H,5-9,14-17H2,1-4H3;3H2,1-2H3/b24-18-,25-20-;. The van der Waals surface area contributed by atoms with Crippen LogP contribution >= 0.6 is 0 Å². The van der Waals surface area contributed by atoms with Crippen molar-refractivity contribution in [3.8, 4) is 0 Å².